The minimum absolute atomic E-state index is 0.290. The van der Waals surface area contributed by atoms with Crippen molar-refractivity contribution in [1.82, 2.24) is 9.97 Å². The molecule has 0 aliphatic carbocycles. The lowest BCUT2D eigenvalue weighted by Gasteiger charge is -2.12. The van der Waals surface area contributed by atoms with Crippen LogP contribution >= 0.6 is 11.8 Å². The Kier molecular flexibility index (Phi) is 3.93. The number of benzene rings is 1. The van der Waals surface area contributed by atoms with Gasteiger partial charge in [0.25, 0.3) is 0 Å². The van der Waals surface area contributed by atoms with Crippen molar-refractivity contribution in [1.29, 1.82) is 0 Å². The molecule has 0 radical (unpaired) electrons. The summed E-state index contributed by atoms with van der Waals surface area (Å²) in [6.45, 7) is 3.68. The van der Waals surface area contributed by atoms with Gasteiger partial charge in [0.1, 0.15) is 5.82 Å². The van der Waals surface area contributed by atoms with E-state index in [2.05, 4.69) is 9.97 Å². The molecule has 18 heavy (non-hydrogen) atoms. The zero-order valence-electron chi connectivity index (χ0n) is 10.2. The standard InChI is InChI=1S/C13H14FN3S/c1-8-6-16-13(17-7-8)18-11-5-3-4-10(14)12(11)9(2)15/h3-7,9H,15H2,1-2H3/t9-/m1/s1. The second kappa shape index (κ2) is 5.46. The highest BCUT2D eigenvalue weighted by atomic mass is 32.2. The number of rotatable bonds is 3. The molecular formula is C13H14FN3S. The van der Waals surface area contributed by atoms with Crippen LogP contribution in [0, 0.1) is 12.7 Å². The molecular weight excluding hydrogens is 249 g/mol. The molecule has 1 atom stereocenters. The Morgan fingerprint density at radius 3 is 2.56 bits per heavy atom. The van der Waals surface area contributed by atoms with Gasteiger partial charge < -0.3 is 5.73 Å². The first-order valence-electron chi connectivity index (χ1n) is 5.58. The van der Waals surface area contributed by atoms with Crippen molar-refractivity contribution in [3.63, 3.8) is 0 Å². The molecule has 0 aliphatic rings. The number of nitrogens with zero attached hydrogens (tertiary/aromatic N) is 2. The summed E-state index contributed by atoms with van der Waals surface area (Å²) in [5, 5.41) is 0.591. The van der Waals surface area contributed by atoms with E-state index in [0.29, 0.717) is 10.7 Å². The van der Waals surface area contributed by atoms with Crippen LogP contribution in [0.3, 0.4) is 0 Å². The van der Waals surface area contributed by atoms with Gasteiger partial charge in [-0.15, -0.1) is 0 Å². The van der Waals surface area contributed by atoms with Crippen LogP contribution in [0.2, 0.25) is 0 Å². The van der Waals surface area contributed by atoms with Crippen LogP contribution in [0.15, 0.2) is 40.6 Å². The van der Waals surface area contributed by atoms with Gasteiger partial charge in [0.15, 0.2) is 5.16 Å². The first kappa shape index (κ1) is 13.0. The molecule has 2 aromatic rings. The summed E-state index contributed by atoms with van der Waals surface area (Å²) in [5.74, 6) is -0.290. The lowest BCUT2D eigenvalue weighted by atomic mass is 10.1. The Bertz CT molecular complexity index is 540. The Balaban J connectivity index is 2.34. The zero-order valence-corrected chi connectivity index (χ0v) is 11.0. The molecule has 0 fully saturated rings. The molecule has 0 spiro atoms. The summed E-state index contributed by atoms with van der Waals surface area (Å²) in [5.41, 5.74) is 7.30. The fraction of sp³-hybridized carbons (Fsp3) is 0.231. The minimum Gasteiger partial charge on any atom is -0.324 e. The first-order chi connectivity index (χ1) is 8.58. The molecule has 0 saturated heterocycles. The molecule has 0 unspecified atom stereocenters. The van der Waals surface area contributed by atoms with Crippen molar-refractivity contribution in [2.24, 2.45) is 5.73 Å². The second-order valence-electron chi connectivity index (χ2n) is 4.09. The third-order valence-corrected chi connectivity index (χ3v) is 3.40. The minimum atomic E-state index is -0.362. The van der Waals surface area contributed by atoms with Crippen molar-refractivity contribution in [2.75, 3.05) is 0 Å². The second-order valence-corrected chi connectivity index (χ2v) is 5.09. The van der Waals surface area contributed by atoms with Gasteiger partial charge in [-0.1, -0.05) is 6.07 Å². The summed E-state index contributed by atoms with van der Waals surface area (Å²) in [6.07, 6.45) is 3.47. The van der Waals surface area contributed by atoms with Crippen LogP contribution in [-0.2, 0) is 0 Å². The number of nitrogens with two attached hydrogens (primary N) is 1. The van der Waals surface area contributed by atoms with Gasteiger partial charge in [-0.3, -0.25) is 0 Å². The highest BCUT2D eigenvalue weighted by molar-refractivity contribution is 7.99. The van der Waals surface area contributed by atoms with Gasteiger partial charge >= 0.3 is 0 Å². The Labute approximate surface area is 110 Å². The maximum Gasteiger partial charge on any atom is 0.192 e. The van der Waals surface area contributed by atoms with Crippen LogP contribution in [-0.4, -0.2) is 9.97 Å². The van der Waals surface area contributed by atoms with E-state index in [1.807, 2.05) is 13.0 Å². The maximum absolute atomic E-state index is 13.7. The van der Waals surface area contributed by atoms with Gasteiger partial charge in [-0.05, 0) is 43.3 Å². The van der Waals surface area contributed by atoms with Gasteiger partial charge in [-0.2, -0.15) is 0 Å². The van der Waals surface area contributed by atoms with E-state index < -0.39 is 0 Å². The summed E-state index contributed by atoms with van der Waals surface area (Å²) in [7, 11) is 0. The molecule has 2 rings (SSSR count). The first-order valence-corrected chi connectivity index (χ1v) is 6.40. The van der Waals surface area contributed by atoms with Crippen LogP contribution in [0.5, 0.6) is 0 Å². The number of aryl methyl sites for hydroxylation is 1. The third kappa shape index (κ3) is 2.86. The normalized spacial score (nSPS) is 12.4. The van der Waals surface area contributed by atoms with Crippen LogP contribution < -0.4 is 5.73 Å². The number of aromatic nitrogens is 2. The fourth-order valence-electron chi connectivity index (χ4n) is 1.58. The average molecular weight is 263 g/mol. The largest absolute Gasteiger partial charge is 0.324 e. The molecule has 94 valence electrons. The van der Waals surface area contributed by atoms with E-state index >= 15 is 0 Å². The van der Waals surface area contributed by atoms with Gasteiger partial charge in [0, 0.05) is 28.9 Å². The van der Waals surface area contributed by atoms with E-state index in [1.165, 1.54) is 17.8 Å². The number of hydrogen-bond acceptors (Lipinski definition) is 4. The van der Waals surface area contributed by atoms with E-state index in [0.717, 1.165) is 10.5 Å². The quantitative estimate of drug-likeness (QED) is 0.865. The van der Waals surface area contributed by atoms with Crippen LogP contribution in [0.4, 0.5) is 4.39 Å². The number of hydrogen-bond donors (Lipinski definition) is 1. The van der Waals surface area contributed by atoms with E-state index in [1.54, 1.807) is 25.4 Å². The van der Waals surface area contributed by atoms with Crippen molar-refractivity contribution in [2.45, 2.75) is 29.9 Å². The molecule has 0 saturated carbocycles. The Hall–Kier alpha value is -1.46. The third-order valence-electron chi connectivity index (χ3n) is 2.43. The maximum atomic E-state index is 13.7. The fourth-order valence-corrected chi connectivity index (χ4v) is 2.53. The monoisotopic (exact) mass is 263 g/mol. The van der Waals surface area contributed by atoms with E-state index in [-0.39, 0.29) is 11.9 Å². The zero-order chi connectivity index (χ0) is 13.1. The predicted molar refractivity (Wildman–Crippen MR) is 69.9 cm³/mol. The SMILES string of the molecule is Cc1cnc(Sc2cccc(F)c2[C@@H](C)N)nc1. The van der Waals surface area contributed by atoms with Crippen molar-refractivity contribution in [3.8, 4) is 0 Å². The highest BCUT2D eigenvalue weighted by Gasteiger charge is 2.14. The smallest absolute Gasteiger partial charge is 0.192 e. The average Bonchev–Trinajstić information content (AvgIpc) is 2.32. The molecule has 0 aliphatic heterocycles. The predicted octanol–water partition coefficient (Wildman–Crippen LogP) is 3.10. The summed E-state index contributed by atoms with van der Waals surface area (Å²) < 4.78 is 13.7. The molecule has 1 heterocycles. The molecule has 0 bridgehead atoms. The van der Waals surface area contributed by atoms with Gasteiger partial charge in [-0.25, -0.2) is 14.4 Å². The molecule has 5 heteroatoms. The lowest BCUT2D eigenvalue weighted by molar-refractivity contribution is 0.585. The van der Waals surface area contributed by atoms with Crippen LogP contribution in [0.1, 0.15) is 24.1 Å². The van der Waals surface area contributed by atoms with Gasteiger partial charge in [0.2, 0.25) is 0 Å². The lowest BCUT2D eigenvalue weighted by Crippen LogP contribution is -2.09. The molecule has 2 N–H and O–H groups in total. The van der Waals surface area contributed by atoms with Crippen molar-refractivity contribution in [3.05, 3.63) is 47.5 Å². The topological polar surface area (TPSA) is 51.8 Å². The molecule has 0 amide bonds. The van der Waals surface area contributed by atoms with Crippen molar-refractivity contribution < 1.29 is 4.39 Å². The van der Waals surface area contributed by atoms with E-state index in [9.17, 15) is 4.39 Å². The Morgan fingerprint density at radius 1 is 1.28 bits per heavy atom. The summed E-state index contributed by atoms with van der Waals surface area (Å²) in [6, 6.07) is 4.55. The summed E-state index contributed by atoms with van der Waals surface area (Å²) in [4.78, 5) is 9.14. The molecule has 1 aromatic carbocycles. The number of halogens is 1. The molecule has 1 aromatic heterocycles. The highest BCUT2D eigenvalue weighted by Crippen LogP contribution is 2.32. The molecule has 3 nitrogen and oxygen atoms in total. The Morgan fingerprint density at radius 2 is 1.94 bits per heavy atom. The van der Waals surface area contributed by atoms with E-state index in [4.69, 9.17) is 5.73 Å². The van der Waals surface area contributed by atoms with Crippen LogP contribution in [0.25, 0.3) is 0 Å². The van der Waals surface area contributed by atoms with Gasteiger partial charge in [0.05, 0.1) is 0 Å². The van der Waals surface area contributed by atoms with Crippen molar-refractivity contribution >= 4 is 11.8 Å². The summed E-state index contributed by atoms with van der Waals surface area (Å²) >= 11 is 1.32.